The number of aliphatic hydroxyl groups excluding tert-OH is 1. The van der Waals surface area contributed by atoms with Crippen LogP contribution in [-0.4, -0.2) is 31.1 Å². The molecule has 1 unspecified atom stereocenters. The number of hydrogen-bond donors (Lipinski definition) is 2. The van der Waals surface area contributed by atoms with Gasteiger partial charge in [-0.05, 0) is 19.4 Å². The first-order valence-electron chi connectivity index (χ1n) is 5.26. The zero-order valence-corrected chi connectivity index (χ0v) is 10.6. The maximum atomic E-state index is 11.8. The number of nitrogens with zero attached hydrogens (tertiary/aromatic N) is 1. The lowest BCUT2D eigenvalue weighted by Crippen LogP contribution is -2.27. The first kappa shape index (κ1) is 14.6. The van der Waals surface area contributed by atoms with Gasteiger partial charge in [-0.15, -0.1) is 0 Å². The summed E-state index contributed by atoms with van der Waals surface area (Å²) in [6.07, 6.45) is -0.404. The second-order valence-corrected chi connectivity index (χ2v) is 5.50. The van der Waals surface area contributed by atoms with Crippen molar-refractivity contribution in [3.63, 3.8) is 0 Å². The first-order chi connectivity index (χ1) is 8.34. The largest absolute Gasteiger partial charge is 0.393 e. The van der Waals surface area contributed by atoms with Crippen molar-refractivity contribution in [2.75, 3.05) is 6.54 Å². The van der Waals surface area contributed by atoms with E-state index in [1.54, 1.807) is 0 Å². The van der Waals surface area contributed by atoms with Crippen molar-refractivity contribution in [2.24, 2.45) is 0 Å². The van der Waals surface area contributed by atoms with Gasteiger partial charge in [-0.1, -0.05) is 12.1 Å². The highest BCUT2D eigenvalue weighted by molar-refractivity contribution is 7.89. The van der Waals surface area contributed by atoms with Crippen LogP contribution in [0.2, 0.25) is 0 Å². The molecule has 0 aliphatic heterocycles. The van der Waals surface area contributed by atoms with Crippen LogP contribution in [0.4, 0.5) is 5.69 Å². The van der Waals surface area contributed by atoms with Crippen molar-refractivity contribution in [3.05, 3.63) is 34.4 Å². The van der Waals surface area contributed by atoms with Gasteiger partial charge in [-0.2, -0.15) is 0 Å². The van der Waals surface area contributed by atoms with E-state index in [1.165, 1.54) is 25.1 Å². The summed E-state index contributed by atoms with van der Waals surface area (Å²) in [6.45, 7) is 1.55. The molecule has 0 amide bonds. The number of para-hydroxylation sites is 1. The third kappa shape index (κ3) is 3.76. The van der Waals surface area contributed by atoms with Gasteiger partial charge in [0.25, 0.3) is 5.69 Å². The number of aliphatic hydroxyl groups is 1. The molecule has 100 valence electrons. The Hall–Kier alpha value is -1.51. The third-order valence-corrected chi connectivity index (χ3v) is 3.71. The predicted octanol–water partition coefficient (Wildman–Crippen LogP) is 0.644. The van der Waals surface area contributed by atoms with E-state index in [1.807, 2.05) is 0 Å². The van der Waals surface area contributed by atoms with Gasteiger partial charge in [0.15, 0.2) is 4.90 Å². The quantitative estimate of drug-likeness (QED) is 0.584. The van der Waals surface area contributed by atoms with Gasteiger partial charge >= 0.3 is 0 Å². The van der Waals surface area contributed by atoms with Crippen LogP contribution in [-0.2, 0) is 10.0 Å². The number of rotatable bonds is 6. The van der Waals surface area contributed by atoms with Crippen molar-refractivity contribution in [1.82, 2.24) is 4.72 Å². The van der Waals surface area contributed by atoms with E-state index >= 15 is 0 Å². The number of hydrogen-bond acceptors (Lipinski definition) is 5. The number of nitro groups is 1. The highest BCUT2D eigenvalue weighted by Gasteiger charge is 2.24. The van der Waals surface area contributed by atoms with E-state index in [-0.39, 0.29) is 17.9 Å². The summed E-state index contributed by atoms with van der Waals surface area (Å²) >= 11 is 0. The van der Waals surface area contributed by atoms with Gasteiger partial charge in [0, 0.05) is 12.6 Å². The molecule has 0 heterocycles. The van der Waals surface area contributed by atoms with Crippen LogP contribution in [0, 0.1) is 10.1 Å². The molecular weight excluding hydrogens is 260 g/mol. The zero-order valence-electron chi connectivity index (χ0n) is 9.74. The number of benzene rings is 1. The van der Waals surface area contributed by atoms with Gasteiger partial charge in [-0.3, -0.25) is 10.1 Å². The molecule has 18 heavy (non-hydrogen) atoms. The minimum Gasteiger partial charge on any atom is -0.393 e. The van der Waals surface area contributed by atoms with Crippen molar-refractivity contribution in [1.29, 1.82) is 0 Å². The monoisotopic (exact) mass is 274 g/mol. The Morgan fingerprint density at radius 2 is 2.06 bits per heavy atom. The molecule has 0 fully saturated rings. The van der Waals surface area contributed by atoms with Crippen molar-refractivity contribution >= 4 is 15.7 Å². The lowest BCUT2D eigenvalue weighted by atomic mass is 10.3. The minimum atomic E-state index is -3.93. The summed E-state index contributed by atoms with van der Waals surface area (Å²) in [5, 5.41) is 19.7. The van der Waals surface area contributed by atoms with Crippen molar-refractivity contribution in [3.8, 4) is 0 Å². The Morgan fingerprint density at radius 1 is 1.44 bits per heavy atom. The van der Waals surface area contributed by atoms with Gasteiger partial charge < -0.3 is 5.11 Å². The second-order valence-electron chi connectivity index (χ2n) is 3.76. The van der Waals surface area contributed by atoms with E-state index in [4.69, 9.17) is 5.11 Å². The Morgan fingerprint density at radius 3 is 2.61 bits per heavy atom. The van der Waals surface area contributed by atoms with Crippen LogP contribution in [0.5, 0.6) is 0 Å². The molecule has 0 bridgehead atoms. The van der Waals surface area contributed by atoms with E-state index < -0.39 is 26.7 Å². The second kappa shape index (κ2) is 5.89. The fraction of sp³-hybridized carbons (Fsp3) is 0.400. The Labute approximate surface area is 105 Å². The standard InChI is InChI=1S/C10H14N2O5S/c1-8(13)6-7-11-18(16,17)10-5-3-2-4-9(10)12(14)15/h2-5,8,11,13H,6-7H2,1H3. The Kier molecular flexibility index (Phi) is 4.76. The topological polar surface area (TPSA) is 110 Å². The molecule has 8 heteroatoms. The summed E-state index contributed by atoms with van der Waals surface area (Å²) in [5.74, 6) is 0. The highest BCUT2D eigenvalue weighted by Crippen LogP contribution is 2.22. The van der Waals surface area contributed by atoms with E-state index in [9.17, 15) is 18.5 Å². The summed E-state index contributed by atoms with van der Waals surface area (Å²) in [6, 6.07) is 5.11. The maximum absolute atomic E-state index is 11.8. The van der Waals surface area contributed by atoms with Crippen molar-refractivity contribution < 1.29 is 18.4 Å². The fourth-order valence-corrected chi connectivity index (χ4v) is 2.53. The molecule has 1 atom stereocenters. The van der Waals surface area contributed by atoms with Gasteiger partial charge in [0.2, 0.25) is 10.0 Å². The molecule has 1 rings (SSSR count). The lowest BCUT2D eigenvalue weighted by Gasteiger charge is -2.08. The fourth-order valence-electron chi connectivity index (χ4n) is 1.32. The van der Waals surface area contributed by atoms with Crippen molar-refractivity contribution in [2.45, 2.75) is 24.3 Å². The number of nitrogens with one attached hydrogen (secondary N) is 1. The summed E-state index contributed by atoms with van der Waals surface area (Å²) in [5.41, 5.74) is -0.470. The van der Waals surface area contributed by atoms with Crippen LogP contribution >= 0.6 is 0 Å². The van der Waals surface area contributed by atoms with Crippen LogP contribution in [0.1, 0.15) is 13.3 Å². The molecular formula is C10H14N2O5S. The van der Waals surface area contributed by atoms with E-state index in [0.29, 0.717) is 0 Å². The first-order valence-corrected chi connectivity index (χ1v) is 6.74. The zero-order chi connectivity index (χ0) is 13.8. The molecule has 0 spiro atoms. The molecule has 0 saturated heterocycles. The molecule has 2 N–H and O–H groups in total. The Bertz CT molecular complexity index is 527. The summed E-state index contributed by atoms with van der Waals surface area (Å²) in [4.78, 5) is 9.60. The smallest absolute Gasteiger partial charge is 0.289 e. The number of nitro benzene ring substituents is 1. The molecule has 0 saturated carbocycles. The minimum absolute atomic E-state index is 0.0199. The molecule has 0 radical (unpaired) electrons. The van der Waals surface area contributed by atoms with E-state index in [2.05, 4.69) is 4.72 Å². The third-order valence-electron chi connectivity index (χ3n) is 2.21. The van der Waals surface area contributed by atoms with Gasteiger partial charge in [-0.25, -0.2) is 13.1 Å². The van der Waals surface area contributed by atoms with Crippen LogP contribution in [0.15, 0.2) is 29.2 Å². The summed E-state index contributed by atoms with van der Waals surface area (Å²) < 4.78 is 25.9. The molecule has 7 nitrogen and oxygen atoms in total. The van der Waals surface area contributed by atoms with Crippen LogP contribution in [0.3, 0.4) is 0 Å². The molecule has 0 aliphatic carbocycles. The average Bonchev–Trinajstić information content (AvgIpc) is 2.28. The molecule has 0 aliphatic rings. The molecule has 1 aromatic rings. The van der Waals surface area contributed by atoms with Crippen LogP contribution < -0.4 is 4.72 Å². The van der Waals surface area contributed by atoms with E-state index in [0.717, 1.165) is 6.07 Å². The predicted molar refractivity (Wildman–Crippen MR) is 64.6 cm³/mol. The van der Waals surface area contributed by atoms with Gasteiger partial charge in [0.1, 0.15) is 0 Å². The SMILES string of the molecule is CC(O)CCNS(=O)(=O)c1ccccc1[N+](=O)[O-]. The summed E-state index contributed by atoms with van der Waals surface area (Å²) in [7, 11) is -3.93. The number of sulfonamides is 1. The Balaban J connectivity index is 2.95. The molecule has 0 aromatic heterocycles. The maximum Gasteiger partial charge on any atom is 0.289 e. The normalized spacial score (nSPS) is 13.2. The lowest BCUT2D eigenvalue weighted by molar-refractivity contribution is -0.387. The highest BCUT2D eigenvalue weighted by atomic mass is 32.2. The van der Waals surface area contributed by atoms with Gasteiger partial charge in [0.05, 0.1) is 11.0 Å². The average molecular weight is 274 g/mol. The van der Waals surface area contributed by atoms with Crippen LogP contribution in [0.25, 0.3) is 0 Å². The molecule has 1 aromatic carbocycles.